The van der Waals surface area contributed by atoms with Crippen molar-refractivity contribution in [3.05, 3.63) is 18.2 Å². The second-order valence-corrected chi connectivity index (χ2v) is 6.12. The van der Waals surface area contributed by atoms with E-state index in [9.17, 15) is 9.59 Å². The molecule has 6 heteroatoms. The van der Waals surface area contributed by atoms with Gasteiger partial charge in [-0.1, -0.05) is 0 Å². The van der Waals surface area contributed by atoms with Crippen molar-refractivity contribution >= 4 is 12.1 Å². The van der Waals surface area contributed by atoms with Crippen molar-refractivity contribution in [1.82, 2.24) is 9.55 Å². The lowest BCUT2D eigenvalue weighted by molar-refractivity contribution is -0.146. The summed E-state index contributed by atoms with van der Waals surface area (Å²) in [6.45, 7) is 8.55. The molecule has 0 unspecified atom stereocenters. The van der Waals surface area contributed by atoms with Gasteiger partial charge in [0.15, 0.2) is 0 Å². The van der Waals surface area contributed by atoms with Crippen LogP contribution in [0.5, 0.6) is 0 Å². The Kier molecular flexibility index (Phi) is 4.03. The van der Waals surface area contributed by atoms with E-state index >= 15 is 0 Å². The maximum atomic E-state index is 11.8. The van der Waals surface area contributed by atoms with Gasteiger partial charge in [0, 0.05) is 12.6 Å². The van der Waals surface area contributed by atoms with Gasteiger partial charge >= 0.3 is 12.1 Å². The van der Waals surface area contributed by atoms with Crippen LogP contribution in [-0.4, -0.2) is 32.3 Å². The number of carboxylic acid groups (broad SMARTS) is 1. The van der Waals surface area contributed by atoms with Crippen molar-refractivity contribution in [2.24, 2.45) is 5.41 Å². The molecule has 1 aromatic heterocycles. The molecule has 6 nitrogen and oxygen atoms in total. The van der Waals surface area contributed by atoms with E-state index in [1.807, 2.05) is 0 Å². The molecule has 1 rings (SSSR count). The third-order valence-electron chi connectivity index (χ3n) is 2.44. The minimum absolute atomic E-state index is 0.248. The molecule has 0 aromatic carbocycles. The number of carbonyl (C=O) groups excluding carboxylic acids is 1. The molecule has 1 heterocycles. The molecule has 19 heavy (non-hydrogen) atoms. The molecule has 0 fully saturated rings. The minimum atomic E-state index is -0.923. The van der Waals surface area contributed by atoms with E-state index in [0.717, 1.165) is 0 Å². The van der Waals surface area contributed by atoms with Crippen molar-refractivity contribution in [1.29, 1.82) is 0 Å². The SMILES string of the molecule is CC(C)(C)OC(=O)n1cnc(CC(C)(C)C(=O)O)c1. The third-order valence-corrected chi connectivity index (χ3v) is 2.44. The number of hydrogen-bond acceptors (Lipinski definition) is 4. The van der Waals surface area contributed by atoms with Gasteiger partial charge < -0.3 is 9.84 Å². The fourth-order valence-corrected chi connectivity index (χ4v) is 1.40. The summed E-state index contributed by atoms with van der Waals surface area (Å²) >= 11 is 0. The molecule has 0 atom stereocenters. The molecule has 0 saturated carbocycles. The third kappa shape index (κ3) is 4.39. The van der Waals surface area contributed by atoms with Gasteiger partial charge in [0.1, 0.15) is 11.9 Å². The summed E-state index contributed by atoms with van der Waals surface area (Å²) in [7, 11) is 0. The summed E-state index contributed by atoms with van der Waals surface area (Å²) in [6.07, 6.45) is 2.55. The Hall–Kier alpha value is -1.85. The lowest BCUT2D eigenvalue weighted by Crippen LogP contribution is -2.27. The molecule has 0 amide bonds. The Morgan fingerprint density at radius 2 is 1.89 bits per heavy atom. The normalized spacial score (nSPS) is 12.3. The topological polar surface area (TPSA) is 81.4 Å². The summed E-state index contributed by atoms with van der Waals surface area (Å²) in [5, 5.41) is 9.05. The van der Waals surface area contributed by atoms with Crippen LogP contribution in [0.25, 0.3) is 0 Å². The van der Waals surface area contributed by atoms with Crippen LogP contribution in [0, 0.1) is 5.41 Å². The maximum Gasteiger partial charge on any atom is 0.419 e. The first-order chi connectivity index (χ1) is 8.51. The van der Waals surface area contributed by atoms with E-state index < -0.39 is 23.1 Å². The molecule has 1 aromatic rings. The number of aromatic nitrogens is 2. The molecular weight excluding hydrogens is 248 g/mol. The standard InChI is InChI=1S/C13H20N2O4/c1-12(2,3)19-11(18)15-7-9(14-8-15)6-13(4,5)10(16)17/h7-8H,6H2,1-5H3,(H,16,17). The highest BCUT2D eigenvalue weighted by atomic mass is 16.6. The monoisotopic (exact) mass is 268 g/mol. The van der Waals surface area contributed by atoms with Crippen LogP contribution in [0.4, 0.5) is 4.79 Å². The lowest BCUT2D eigenvalue weighted by Gasteiger charge is -2.19. The number of imidazole rings is 1. The molecule has 0 spiro atoms. The molecule has 0 saturated heterocycles. The van der Waals surface area contributed by atoms with Gasteiger partial charge in [-0.3, -0.25) is 4.79 Å². The van der Waals surface area contributed by atoms with Gasteiger partial charge in [0.25, 0.3) is 0 Å². The van der Waals surface area contributed by atoms with Crippen molar-refractivity contribution < 1.29 is 19.4 Å². The summed E-state index contributed by atoms with van der Waals surface area (Å²) in [5.41, 5.74) is -0.965. The van der Waals surface area contributed by atoms with Crippen LogP contribution >= 0.6 is 0 Å². The van der Waals surface area contributed by atoms with Gasteiger partial charge in [-0.05, 0) is 34.6 Å². The van der Waals surface area contributed by atoms with Gasteiger partial charge in [-0.25, -0.2) is 14.3 Å². The van der Waals surface area contributed by atoms with Crippen LogP contribution < -0.4 is 0 Å². The zero-order chi connectivity index (χ0) is 14.8. The molecule has 0 aliphatic carbocycles. The molecule has 1 N–H and O–H groups in total. The van der Waals surface area contributed by atoms with Crippen LogP contribution in [0.2, 0.25) is 0 Å². The summed E-state index contributed by atoms with van der Waals surface area (Å²) in [5.74, 6) is -0.903. The Morgan fingerprint density at radius 3 is 2.37 bits per heavy atom. The number of hydrogen-bond donors (Lipinski definition) is 1. The number of rotatable bonds is 3. The fourth-order valence-electron chi connectivity index (χ4n) is 1.40. The van der Waals surface area contributed by atoms with Gasteiger partial charge in [0.05, 0.1) is 11.1 Å². The number of carbonyl (C=O) groups is 2. The van der Waals surface area contributed by atoms with Gasteiger partial charge in [-0.15, -0.1) is 0 Å². The smallest absolute Gasteiger partial charge is 0.419 e. The Morgan fingerprint density at radius 1 is 1.32 bits per heavy atom. The summed E-state index contributed by atoms with van der Waals surface area (Å²) < 4.78 is 6.40. The largest absolute Gasteiger partial charge is 0.481 e. The fraction of sp³-hybridized carbons (Fsp3) is 0.615. The maximum absolute atomic E-state index is 11.8. The number of nitrogens with zero attached hydrogens (tertiary/aromatic N) is 2. The van der Waals surface area contributed by atoms with E-state index in [4.69, 9.17) is 9.84 Å². The highest BCUT2D eigenvalue weighted by Gasteiger charge is 2.28. The number of aliphatic carboxylic acids is 1. The lowest BCUT2D eigenvalue weighted by atomic mass is 9.88. The van der Waals surface area contributed by atoms with Crippen LogP contribution in [0.3, 0.4) is 0 Å². The average Bonchev–Trinajstić information content (AvgIpc) is 2.62. The number of ether oxygens (including phenoxy) is 1. The highest BCUT2D eigenvalue weighted by Crippen LogP contribution is 2.21. The predicted molar refractivity (Wildman–Crippen MR) is 69.0 cm³/mol. The second kappa shape index (κ2) is 5.03. The average molecular weight is 268 g/mol. The Labute approximate surface area is 112 Å². The van der Waals surface area contributed by atoms with Crippen molar-refractivity contribution in [3.8, 4) is 0 Å². The Balaban J connectivity index is 2.78. The summed E-state index contributed by atoms with van der Waals surface area (Å²) in [4.78, 5) is 26.8. The summed E-state index contributed by atoms with van der Waals surface area (Å²) in [6, 6.07) is 0. The molecule has 0 bridgehead atoms. The molecular formula is C13H20N2O4. The van der Waals surface area contributed by atoms with Crippen LogP contribution in [0.1, 0.15) is 40.3 Å². The first-order valence-corrected chi connectivity index (χ1v) is 6.01. The zero-order valence-electron chi connectivity index (χ0n) is 11.9. The van der Waals surface area contributed by atoms with E-state index in [1.165, 1.54) is 17.1 Å². The molecule has 0 radical (unpaired) electrons. The zero-order valence-corrected chi connectivity index (χ0v) is 11.9. The van der Waals surface area contributed by atoms with E-state index in [2.05, 4.69) is 4.98 Å². The predicted octanol–water partition coefficient (Wildman–Crippen LogP) is 2.32. The first-order valence-electron chi connectivity index (χ1n) is 6.01. The highest BCUT2D eigenvalue weighted by molar-refractivity contribution is 5.74. The van der Waals surface area contributed by atoms with Crippen LogP contribution in [-0.2, 0) is 16.0 Å². The molecule has 0 aliphatic rings. The minimum Gasteiger partial charge on any atom is -0.481 e. The van der Waals surface area contributed by atoms with E-state index in [1.54, 1.807) is 34.6 Å². The van der Waals surface area contributed by atoms with Crippen molar-refractivity contribution in [2.75, 3.05) is 0 Å². The van der Waals surface area contributed by atoms with E-state index in [-0.39, 0.29) is 6.42 Å². The molecule has 0 aliphatic heterocycles. The van der Waals surface area contributed by atoms with E-state index in [0.29, 0.717) is 5.69 Å². The van der Waals surface area contributed by atoms with Crippen molar-refractivity contribution in [3.63, 3.8) is 0 Å². The Bertz CT molecular complexity index is 483. The van der Waals surface area contributed by atoms with Gasteiger partial charge in [-0.2, -0.15) is 0 Å². The number of carboxylic acids is 1. The quantitative estimate of drug-likeness (QED) is 0.909. The molecule has 106 valence electrons. The first kappa shape index (κ1) is 15.2. The van der Waals surface area contributed by atoms with Gasteiger partial charge in [0.2, 0.25) is 0 Å². The van der Waals surface area contributed by atoms with Crippen molar-refractivity contribution in [2.45, 2.75) is 46.6 Å². The van der Waals surface area contributed by atoms with Crippen LogP contribution in [0.15, 0.2) is 12.5 Å². The second-order valence-electron chi connectivity index (χ2n) is 6.12.